The molecule has 1 heterocycles. The van der Waals surface area contributed by atoms with E-state index in [1.807, 2.05) is 0 Å². The molecule has 0 aliphatic heterocycles. The summed E-state index contributed by atoms with van der Waals surface area (Å²) in [6.07, 6.45) is -1.24. The van der Waals surface area contributed by atoms with Crippen LogP contribution in [-0.2, 0) is 53.0 Å². The first kappa shape index (κ1) is 46.5. The SMILES string of the molecule is Nc1c(N=Nc2ccccc2S(=O)(=O)O)cc(S(=O)(=O)O)c(N)c1N=Nc1cc(Nc2nc(F)nc(Nc3ccc(S(=O)(=O)CCOSOOO)cc3)n2)ccc1SOOO. The van der Waals surface area contributed by atoms with E-state index in [1.165, 1.54) is 54.6 Å². The number of halogens is 1. The molecule has 61 heavy (non-hydrogen) atoms. The second kappa shape index (κ2) is 20.3. The molecule has 0 amide bonds. The van der Waals surface area contributed by atoms with Gasteiger partial charge in [0.2, 0.25) is 11.9 Å². The average molecular weight is 948 g/mol. The van der Waals surface area contributed by atoms with Crippen LogP contribution in [0.4, 0.5) is 61.8 Å². The Bertz CT molecular complexity index is 2790. The van der Waals surface area contributed by atoms with Crippen molar-refractivity contribution in [1.29, 1.82) is 0 Å². The number of nitrogens with two attached hydrogens (primary N) is 2. The van der Waals surface area contributed by atoms with E-state index >= 15 is 0 Å². The van der Waals surface area contributed by atoms with E-state index in [2.05, 4.69) is 64.8 Å². The van der Waals surface area contributed by atoms with Crippen LogP contribution >= 0.6 is 24.4 Å². The third-order valence-electron chi connectivity index (χ3n) is 7.25. The van der Waals surface area contributed by atoms with Crippen molar-refractivity contribution >= 4 is 112 Å². The highest BCUT2D eigenvalue weighted by Crippen LogP contribution is 2.44. The number of hydrogen-bond donors (Lipinski definition) is 8. The van der Waals surface area contributed by atoms with Gasteiger partial charge in [-0.3, -0.25) is 13.3 Å². The summed E-state index contributed by atoms with van der Waals surface area (Å²) < 4.78 is 121. The van der Waals surface area contributed by atoms with Gasteiger partial charge >= 0.3 is 6.08 Å². The highest BCUT2D eigenvalue weighted by molar-refractivity contribution is 7.94. The number of azo groups is 2. The van der Waals surface area contributed by atoms with Gasteiger partial charge in [0, 0.05) is 11.4 Å². The van der Waals surface area contributed by atoms with Gasteiger partial charge in [-0.25, -0.2) is 18.9 Å². The van der Waals surface area contributed by atoms with Crippen molar-refractivity contribution in [1.82, 2.24) is 15.0 Å². The topological polar surface area (TPSA) is 394 Å². The molecule has 0 aliphatic rings. The maximum Gasteiger partial charge on any atom is 0.315 e. The molecule has 324 valence electrons. The smallest absolute Gasteiger partial charge is 0.315 e. The molecule has 0 unspecified atom stereocenters. The van der Waals surface area contributed by atoms with Gasteiger partial charge in [-0.2, -0.15) is 36.2 Å². The Balaban J connectivity index is 1.43. The van der Waals surface area contributed by atoms with Crippen molar-refractivity contribution < 1.29 is 72.2 Å². The second-order valence-electron chi connectivity index (χ2n) is 11.2. The van der Waals surface area contributed by atoms with Crippen molar-refractivity contribution in [2.24, 2.45) is 20.5 Å². The van der Waals surface area contributed by atoms with Crippen molar-refractivity contribution in [2.75, 3.05) is 34.5 Å². The number of aromatic nitrogens is 3. The summed E-state index contributed by atoms with van der Waals surface area (Å²) in [5, 5.41) is 44.7. The molecule has 10 N–H and O–H groups in total. The van der Waals surface area contributed by atoms with Crippen LogP contribution in [0, 0.1) is 6.08 Å². The van der Waals surface area contributed by atoms with Gasteiger partial charge in [0.05, 0.1) is 45.6 Å². The lowest BCUT2D eigenvalue weighted by Gasteiger charge is -2.11. The molecule has 5 aromatic rings. The summed E-state index contributed by atoms with van der Waals surface area (Å²) in [5.74, 6) is -1.13. The summed E-state index contributed by atoms with van der Waals surface area (Å²) in [6.45, 7) is -0.308. The summed E-state index contributed by atoms with van der Waals surface area (Å²) in [7, 11) is -13.7. The monoisotopic (exact) mass is 947 g/mol. The molecule has 26 nitrogen and oxygen atoms in total. The lowest BCUT2D eigenvalue weighted by atomic mass is 10.2. The van der Waals surface area contributed by atoms with Gasteiger partial charge in [-0.15, -0.1) is 29.1 Å². The summed E-state index contributed by atoms with van der Waals surface area (Å²) in [6, 6.07) is 14.8. The Kier molecular flexibility index (Phi) is 15.5. The van der Waals surface area contributed by atoms with Crippen LogP contribution < -0.4 is 22.1 Å². The average Bonchev–Trinajstić information content (AvgIpc) is 3.19. The number of rotatable bonds is 20. The number of nitrogens with zero attached hydrogens (tertiary/aromatic N) is 7. The normalized spacial score (nSPS) is 12.3. The van der Waals surface area contributed by atoms with Gasteiger partial charge in [0.1, 0.15) is 32.5 Å². The Morgan fingerprint density at radius 2 is 1.30 bits per heavy atom. The van der Waals surface area contributed by atoms with Gasteiger partial charge in [-0.05, 0) is 60.7 Å². The third kappa shape index (κ3) is 12.7. The first-order valence-corrected chi connectivity index (χ1v) is 21.8. The van der Waals surface area contributed by atoms with Crippen LogP contribution in [0.1, 0.15) is 0 Å². The van der Waals surface area contributed by atoms with Crippen LogP contribution in [0.25, 0.3) is 0 Å². The zero-order valence-electron chi connectivity index (χ0n) is 29.8. The standard InChI is InChI=1S/C29H26FN11O15S5/c30-27-35-28(33-15-5-8-17(9-6-15)59(44,45)12-11-52-58-56-54-43)37-29(36-27)34-16-7-10-21(57-55-53-42)19(13-16)39-41-26-24(31)20(14-23(25(26)32)61(49,50)51)40-38-18-3-1-2-4-22(18)60(46,47)48/h1-10,13-14,42-43H,11-12,31-32H2,(H,46,47,48)(H,49,50,51)(H2,33,34,35,36,37). The third-order valence-corrected chi connectivity index (χ3v) is 11.8. The van der Waals surface area contributed by atoms with E-state index in [0.29, 0.717) is 12.0 Å². The first-order chi connectivity index (χ1) is 28.9. The van der Waals surface area contributed by atoms with Crippen molar-refractivity contribution in [3.8, 4) is 0 Å². The van der Waals surface area contributed by atoms with E-state index in [9.17, 15) is 38.7 Å². The highest BCUT2D eigenvalue weighted by Gasteiger charge is 2.23. The Morgan fingerprint density at radius 3 is 1.95 bits per heavy atom. The fourth-order valence-electron chi connectivity index (χ4n) is 4.63. The van der Waals surface area contributed by atoms with Crippen molar-refractivity contribution in [3.05, 3.63) is 78.9 Å². The summed E-state index contributed by atoms with van der Waals surface area (Å²) in [5.41, 5.74) is 9.81. The minimum absolute atomic E-state index is 0.0690. The molecule has 0 atom stereocenters. The van der Waals surface area contributed by atoms with E-state index in [0.717, 1.165) is 18.2 Å². The van der Waals surface area contributed by atoms with E-state index in [-0.39, 0.29) is 63.4 Å². The van der Waals surface area contributed by atoms with E-state index in [4.69, 9.17) is 26.2 Å². The van der Waals surface area contributed by atoms with Crippen LogP contribution in [0.2, 0.25) is 0 Å². The highest BCUT2D eigenvalue weighted by atomic mass is 32.2. The van der Waals surface area contributed by atoms with E-state index in [1.54, 1.807) is 0 Å². The quantitative estimate of drug-likeness (QED) is 0.00819. The maximum absolute atomic E-state index is 14.6. The van der Waals surface area contributed by atoms with Gasteiger partial charge in [0.25, 0.3) is 20.2 Å². The molecular weight excluding hydrogens is 922 g/mol. The van der Waals surface area contributed by atoms with Gasteiger partial charge < -0.3 is 22.1 Å². The molecule has 32 heteroatoms. The number of anilines is 6. The van der Waals surface area contributed by atoms with Crippen LogP contribution in [0.5, 0.6) is 0 Å². The molecule has 0 aliphatic carbocycles. The minimum atomic E-state index is -5.09. The minimum Gasteiger partial charge on any atom is -0.396 e. The van der Waals surface area contributed by atoms with Gasteiger partial charge in [0.15, 0.2) is 22.2 Å². The van der Waals surface area contributed by atoms with Crippen LogP contribution in [0.3, 0.4) is 0 Å². The molecule has 0 radical (unpaired) electrons. The number of nitrogens with one attached hydrogen (secondary N) is 2. The zero-order chi connectivity index (χ0) is 44.4. The largest absolute Gasteiger partial charge is 0.396 e. The first-order valence-electron chi connectivity index (χ1n) is 15.8. The maximum atomic E-state index is 14.6. The number of nitrogen functional groups attached to an aromatic ring is 2. The van der Waals surface area contributed by atoms with Crippen LogP contribution in [0.15, 0.2) is 113 Å². The van der Waals surface area contributed by atoms with Gasteiger partial charge in [-0.1, -0.05) is 22.2 Å². The fourth-order valence-corrected chi connectivity index (χ4v) is 7.71. The fraction of sp³-hybridized carbons (Fsp3) is 0.0690. The number of hydrogen-bond acceptors (Lipinski definition) is 26. The number of sulfone groups is 1. The Morgan fingerprint density at radius 1 is 0.689 bits per heavy atom. The predicted octanol–water partition coefficient (Wildman–Crippen LogP) is 6.19. The molecule has 1 aromatic heterocycles. The molecule has 0 spiro atoms. The molecular formula is C29H26FN11O15S5. The lowest BCUT2D eigenvalue weighted by molar-refractivity contribution is -0.434. The number of benzene rings is 4. The zero-order valence-corrected chi connectivity index (χ0v) is 33.9. The van der Waals surface area contributed by atoms with Crippen LogP contribution in [-0.4, -0.2) is 72.2 Å². The molecule has 5 rings (SSSR count). The van der Waals surface area contributed by atoms with Crippen molar-refractivity contribution in [2.45, 2.75) is 19.6 Å². The lowest BCUT2D eigenvalue weighted by Crippen LogP contribution is -2.11. The predicted molar refractivity (Wildman–Crippen MR) is 210 cm³/mol. The Labute approximate surface area is 351 Å². The molecule has 0 bridgehead atoms. The Hall–Kier alpha value is -5.59. The summed E-state index contributed by atoms with van der Waals surface area (Å²) in [4.78, 5) is 9.68. The molecule has 0 fully saturated rings. The molecule has 0 saturated carbocycles. The molecule has 4 aromatic carbocycles. The second-order valence-corrected chi connectivity index (χ2v) is 17.3. The molecule has 0 saturated heterocycles. The van der Waals surface area contributed by atoms with E-state index < -0.39 is 74.4 Å². The summed E-state index contributed by atoms with van der Waals surface area (Å²) >= 11 is 0.631. The van der Waals surface area contributed by atoms with Crippen molar-refractivity contribution in [3.63, 3.8) is 0 Å².